The van der Waals surface area contributed by atoms with Crippen LogP contribution in [-0.4, -0.2) is 55.3 Å². The van der Waals surface area contributed by atoms with Gasteiger partial charge in [0, 0.05) is 24.6 Å². The van der Waals surface area contributed by atoms with Gasteiger partial charge in [-0.25, -0.2) is 0 Å². The van der Waals surface area contributed by atoms with Crippen molar-refractivity contribution in [3.05, 3.63) is 35.5 Å². The van der Waals surface area contributed by atoms with Gasteiger partial charge < -0.3 is 29.2 Å². The van der Waals surface area contributed by atoms with Crippen LogP contribution in [0.4, 0.5) is 0 Å². The number of nitrogens with zero attached hydrogens (tertiary/aromatic N) is 1. The number of carbonyl (C=O) groups excluding carboxylic acids is 3. The molecule has 214 valence electrons. The molecular formula is C30H42N2O7. The molecule has 9 heteroatoms. The summed E-state index contributed by atoms with van der Waals surface area (Å²) in [6.07, 6.45) is 1.96. The van der Waals surface area contributed by atoms with Gasteiger partial charge >= 0.3 is 5.97 Å². The van der Waals surface area contributed by atoms with E-state index in [9.17, 15) is 14.4 Å². The molecule has 4 rings (SSSR count). The van der Waals surface area contributed by atoms with E-state index in [1.165, 1.54) is 7.11 Å². The standard InChI is InChI=1S/C30H42N2O7/c1-18(2)10-11-31-26(33)13-21-15-30(28(35)36-7)19(3)39-25(29(4,5)6)14-24(30)32(27(21)34)16-20-8-9-22-23(12-20)38-17-37-22/h8-9,12,14,18-19,21,25H,10-11,13,15-17H2,1-7H3,(H,31,33)/t19-,21+,25-,30+/m1/s1. The van der Waals surface area contributed by atoms with E-state index in [0.717, 1.165) is 12.0 Å². The van der Waals surface area contributed by atoms with Gasteiger partial charge in [-0.2, -0.15) is 0 Å². The summed E-state index contributed by atoms with van der Waals surface area (Å²) in [5.41, 5.74) is -0.110. The second-order valence-electron chi connectivity index (χ2n) is 12.3. The summed E-state index contributed by atoms with van der Waals surface area (Å²) in [4.78, 5) is 42.3. The normalized spacial score (nSPS) is 26.3. The van der Waals surface area contributed by atoms with Crippen LogP contribution >= 0.6 is 0 Å². The van der Waals surface area contributed by atoms with Gasteiger partial charge in [0.15, 0.2) is 11.5 Å². The first kappa shape index (κ1) is 28.9. The van der Waals surface area contributed by atoms with Gasteiger partial charge in [0.25, 0.3) is 0 Å². The molecular weight excluding hydrogens is 500 g/mol. The van der Waals surface area contributed by atoms with Crippen molar-refractivity contribution in [3.63, 3.8) is 0 Å². The zero-order chi connectivity index (χ0) is 28.5. The molecule has 0 unspecified atom stereocenters. The van der Waals surface area contributed by atoms with Crippen molar-refractivity contribution in [2.45, 2.75) is 79.6 Å². The first-order valence-electron chi connectivity index (χ1n) is 13.8. The summed E-state index contributed by atoms with van der Waals surface area (Å²) in [7, 11) is 1.35. The Bertz CT molecular complexity index is 1140. The van der Waals surface area contributed by atoms with E-state index in [1.807, 2.05) is 31.2 Å². The second-order valence-corrected chi connectivity index (χ2v) is 12.3. The Labute approximate surface area is 231 Å². The predicted molar refractivity (Wildman–Crippen MR) is 145 cm³/mol. The highest BCUT2D eigenvalue weighted by Crippen LogP contribution is 2.52. The van der Waals surface area contributed by atoms with Crippen LogP contribution in [0.2, 0.25) is 0 Å². The van der Waals surface area contributed by atoms with E-state index in [1.54, 1.807) is 4.90 Å². The van der Waals surface area contributed by atoms with E-state index in [-0.39, 0.29) is 49.5 Å². The fourth-order valence-corrected chi connectivity index (χ4v) is 5.62. The average Bonchev–Trinajstić information content (AvgIpc) is 3.33. The molecule has 1 aromatic rings. The van der Waals surface area contributed by atoms with E-state index in [4.69, 9.17) is 18.9 Å². The van der Waals surface area contributed by atoms with Crippen LogP contribution in [0.15, 0.2) is 30.0 Å². The van der Waals surface area contributed by atoms with Crippen molar-refractivity contribution in [3.8, 4) is 11.5 Å². The molecule has 4 atom stereocenters. The topological polar surface area (TPSA) is 103 Å². The number of carbonyl (C=O) groups is 3. The zero-order valence-corrected chi connectivity index (χ0v) is 24.2. The molecule has 0 aliphatic carbocycles. The quantitative estimate of drug-likeness (QED) is 0.491. The number of rotatable bonds is 8. The Kier molecular flexibility index (Phi) is 8.30. The lowest BCUT2D eigenvalue weighted by Crippen LogP contribution is -2.61. The van der Waals surface area contributed by atoms with E-state index in [2.05, 4.69) is 39.9 Å². The lowest BCUT2D eigenvalue weighted by Gasteiger charge is -2.53. The molecule has 3 aliphatic heterocycles. The molecule has 1 saturated heterocycles. The smallest absolute Gasteiger partial charge is 0.320 e. The molecule has 0 spiro atoms. The lowest BCUT2D eigenvalue weighted by molar-refractivity contribution is -0.180. The number of nitrogens with one attached hydrogen (secondary N) is 1. The average molecular weight is 543 g/mol. The maximum absolute atomic E-state index is 14.1. The minimum Gasteiger partial charge on any atom is -0.468 e. The predicted octanol–water partition coefficient (Wildman–Crippen LogP) is 4.19. The van der Waals surface area contributed by atoms with Gasteiger partial charge in [-0.15, -0.1) is 0 Å². The number of benzene rings is 1. The number of hydrogen-bond donors (Lipinski definition) is 1. The highest BCUT2D eigenvalue weighted by atomic mass is 16.7. The minimum absolute atomic E-state index is 0.0178. The van der Waals surface area contributed by atoms with Gasteiger partial charge in [0.1, 0.15) is 5.41 Å². The third-order valence-electron chi connectivity index (χ3n) is 7.94. The number of hydrogen-bond acceptors (Lipinski definition) is 7. The lowest BCUT2D eigenvalue weighted by atomic mass is 9.65. The van der Waals surface area contributed by atoms with Crippen molar-refractivity contribution in [2.24, 2.45) is 22.7 Å². The van der Waals surface area contributed by atoms with Crippen molar-refractivity contribution in [1.29, 1.82) is 0 Å². The van der Waals surface area contributed by atoms with Crippen molar-refractivity contribution >= 4 is 17.8 Å². The number of amides is 2. The van der Waals surface area contributed by atoms with Gasteiger partial charge in [-0.3, -0.25) is 14.4 Å². The number of likely N-dealkylation sites (tertiary alicyclic amines) is 1. The molecule has 39 heavy (non-hydrogen) atoms. The largest absolute Gasteiger partial charge is 0.468 e. The number of piperidine rings is 1. The molecule has 2 amide bonds. The van der Waals surface area contributed by atoms with Crippen LogP contribution in [0.5, 0.6) is 11.5 Å². The Morgan fingerprint density at radius 3 is 2.59 bits per heavy atom. The fraction of sp³-hybridized carbons (Fsp3) is 0.633. The molecule has 3 heterocycles. The summed E-state index contributed by atoms with van der Waals surface area (Å²) in [6.45, 7) is 13.1. The minimum atomic E-state index is -1.23. The maximum atomic E-state index is 14.1. The Morgan fingerprint density at radius 2 is 1.92 bits per heavy atom. The van der Waals surface area contributed by atoms with Crippen molar-refractivity contribution in [1.82, 2.24) is 10.2 Å². The van der Waals surface area contributed by atoms with E-state index in [0.29, 0.717) is 29.7 Å². The zero-order valence-electron chi connectivity index (χ0n) is 24.2. The molecule has 1 fully saturated rings. The Balaban J connectivity index is 1.74. The first-order valence-corrected chi connectivity index (χ1v) is 13.8. The van der Waals surface area contributed by atoms with Gasteiger partial charge in [-0.05, 0) is 54.9 Å². The van der Waals surface area contributed by atoms with Gasteiger partial charge in [-0.1, -0.05) is 40.7 Å². The summed E-state index contributed by atoms with van der Waals surface area (Å²) >= 11 is 0. The van der Waals surface area contributed by atoms with Gasteiger partial charge in [0.05, 0.1) is 25.9 Å². The second kappa shape index (κ2) is 11.2. The number of esters is 1. The van der Waals surface area contributed by atoms with E-state index >= 15 is 0 Å². The molecule has 1 aromatic carbocycles. The monoisotopic (exact) mass is 542 g/mol. The van der Waals surface area contributed by atoms with Crippen molar-refractivity contribution < 1.29 is 33.3 Å². The third-order valence-corrected chi connectivity index (χ3v) is 7.94. The van der Waals surface area contributed by atoms with Crippen molar-refractivity contribution in [2.75, 3.05) is 20.4 Å². The number of fused-ring (bicyclic) bond motifs is 2. The third kappa shape index (κ3) is 5.78. The SMILES string of the molecule is COC(=O)[C@]12C[C@H](CC(=O)NCCC(C)C)C(=O)N(Cc3ccc4c(c3)OCO4)C1=C[C@H](C(C)(C)C)O[C@@H]2C. The van der Waals surface area contributed by atoms with Crippen LogP contribution < -0.4 is 14.8 Å². The molecule has 3 aliphatic rings. The summed E-state index contributed by atoms with van der Waals surface area (Å²) in [5, 5.41) is 2.94. The van der Waals surface area contributed by atoms with Gasteiger partial charge in [0.2, 0.25) is 18.6 Å². The molecule has 0 saturated carbocycles. The van der Waals surface area contributed by atoms with Crippen LogP contribution in [-0.2, 0) is 30.4 Å². The summed E-state index contributed by atoms with van der Waals surface area (Å²) in [6, 6.07) is 5.55. The van der Waals surface area contributed by atoms with Crippen LogP contribution in [0, 0.1) is 22.7 Å². The Morgan fingerprint density at radius 1 is 1.21 bits per heavy atom. The highest BCUT2D eigenvalue weighted by molar-refractivity contribution is 5.92. The van der Waals surface area contributed by atoms with Crippen LogP contribution in [0.3, 0.4) is 0 Å². The molecule has 0 bridgehead atoms. The highest BCUT2D eigenvalue weighted by Gasteiger charge is 2.60. The molecule has 0 radical (unpaired) electrons. The molecule has 1 N–H and O–H groups in total. The van der Waals surface area contributed by atoms with Crippen LogP contribution in [0.25, 0.3) is 0 Å². The summed E-state index contributed by atoms with van der Waals surface area (Å²) in [5.74, 6) is 0.119. The number of methoxy groups -OCH3 is 1. The summed E-state index contributed by atoms with van der Waals surface area (Å²) < 4.78 is 22.8. The first-order chi connectivity index (χ1) is 18.4. The maximum Gasteiger partial charge on any atom is 0.320 e. The van der Waals surface area contributed by atoms with Crippen LogP contribution in [0.1, 0.15) is 66.4 Å². The number of ether oxygens (including phenoxy) is 4. The Hall–Kier alpha value is -3.07. The molecule has 9 nitrogen and oxygen atoms in total. The molecule has 0 aromatic heterocycles. The van der Waals surface area contributed by atoms with E-state index < -0.39 is 23.4 Å². The fourth-order valence-electron chi connectivity index (χ4n) is 5.62.